The molecule has 23 heavy (non-hydrogen) atoms. The van der Waals surface area contributed by atoms with Crippen LogP contribution in [0.3, 0.4) is 0 Å². The Morgan fingerprint density at radius 1 is 1.30 bits per heavy atom. The van der Waals surface area contributed by atoms with Crippen molar-refractivity contribution in [3.63, 3.8) is 0 Å². The van der Waals surface area contributed by atoms with Crippen molar-refractivity contribution in [3.8, 4) is 0 Å². The van der Waals surface area contributed by atoms with E-state index in [-0.39, 0.29) is 16.3 Å². The average Bonchev–Trinajstić information content (AvgIpc) is 3.04. The van der Waals surface area contributed by atoms with Crippen LogP contribution >= 0.6 is 11.3 Å². The van der Waals surface area contributed by atoms with Crippen LogP contribution in [-0.4, -0.2) is 33.1 Å². The molecule has 124 valence electrons. The van der Waals surface area contributed by atoms with E-state index in [0.717, 1.165) is 11.3 Å². The van der Waals surface area contributed by atoms with Crippen molar-refractivity contribution in [3.05, 3.63) is 52.2 Å². The quantitative estimate of drug-likeness (QED) is 0.770. The maximum absolute atomic E-state index is 12.4. The number of rotatable bonds is 6. The van der Waals surface area contributed by atoms with Crippen LogP contribution in [0.1, 0.15) is 22.2 Å². The van der Waals surface area contributed by atoms with Gasteiger partial charge in [-0.05, 0) is 23.9 Å². The summed E-state index contributed by atoms with van der Waals surface area (Å²) in [5.41, 5.74) is -0.795. The van der Waals surface area contributed by atoms with Crippen LogP contribution in [0.15, 0.2) is 46.7 Å². The molecule has 0 amide bonds. The van der Waals surface area contributed by atoms with E-state index in [0.29, 0.717) is 5.56 Å². The zero-order valence-corrected chi connectivity index (χ0v) is 14.3. The van der Waals surface area contributed by atoms with E-state index in [9.17, 15) is 18.3 Å². The predicted octanol–water partition coefficient (Wildman–Crippen LogP) is 1.72. The highest BCUT2D eigenvalue weighted by molar-refractivity contribution is 7.89. The summed E-state index contributed by atoms with van der Waals surface area (Å²) in [7, 11) is -2.76. The van der Waals surface area contributed by atoms with Gasteiger partial charge in [0.15, 0.2) is 0 Å². The first-order valence-corrected chi connectivity index (χ1v) is 9.07. The lowest BCUT2D eigenvalue weighted by atomic mass is 9.97. The van der Waals surface area contributed by atoms with E-state index in [1.165, 1.54) is 25.5 Å². The monoisotopic (exact) mass is 355 g/mol. The minimum absolute atomic E-state index is 0.000598. The SMILES string of the molecule is COC(=O)c1sccc1S(=O)(=O)NCC(C)(O)c1ccccc1. The van der Waals surface area contributed by atoms with Crippen LogP contribution in [0.5, 0.6) is 0 Å². The summed E-state index contributed by atoms with van der Waals surface area (Å²) in [6.07, 6.45) is 0. The Morgan fingerprint density at radius 2 is 1.96 bits per heavy atom. The smallest absolute Gasteiger partial charge is 0.349 e. The number of carbonyl (C=O) groups is 1. The van der Waals surface area contributed by atoms with Gasteiger partial charge in [0.05, 0.1) is 7.11 Å². The molecule has 1 heterocycles. The zero-order valence-electron chi connectivity index (χ0n) is 12.6. The van der Waals surface area contributed by atoms with Gasteiger partial charge in [0, 0.05) is 6.54 Å². The lowest BCUT2D eigenvalue weighted by molar-refractivity contribution is 0.0602. The predicted molar refractivity (Wildman–Crippen MR) is 86.9 cm³/mol. The van der Waals surface area contributed by atoms with Crippen LogP contribution in [0, 0.1) is 0 Å². The van der Waals surface area contributed by atoms with Gasteiger partial charge in [0.2, 0.25) is 10.0 Å². The number of nitrogens with one attached hydrogen (secondary N) is 1. The third kappa shape index (κ3) is 3.97. The fraction of sp³-hybridized carbons (Fsp3) is 0.267. The number of sulfonamides is 1. The Labute approximate surface area is 138 Å². The Morgan fingerprint density at radius 3 is 2.57 bits per heavy atom. The van der Waals surface area contributed by atoms with Gasteiger partial charge in [0.25, 0.3) is 0 Å². The molecule has 2 N–H and O–H groups in total. The van der Waals surface area contributed by atoms with Crippen LogP contribution < -0.4 is 4.72 Å². The molecule has 0 fully saturated rings. The van der Waals surface area contributed by atoms with Crippen molar-refractivity contribution in [2.75, 3.05) is 13.7 Å². The second-order valence-corrected chi connectivity index (χ2v) is 7.72. The molecule has 2 rings (SSSR count). The number of hydrogen-bond donors (Lipinski definition) is 2. The summed E-state index contributed by atoms with van der Waals surface area (Å²) in [5.74, 6) is -0.713. The number of ether oxygens (including phenoxy) is 1. The van der Waals surface area contributed by atoms with Crippen LogP contribution in [0.4, 0.5) is 0 Å². The van der Waals surface area contributed by atoms with Gasteiger partial charge in [-0.15, -0.1) is 11.3 Å². The van der Waals surface area contributed by atoms with Crippen molar-refractivity contribution in [2.24, 2.45) is 0 Å². The molecule has 0 aliphatic heterocycles. The van der Waals surface area contributed by atoms with Gasteiger partial charge < -0.3 is 9.84 Å². The Kier molecular flexibility index (Phi) is 5.20. The van der Waals surface area contributed by atoms with E-state index < -0.39 is 21.6 Å². The number of carbonyl (C=O) groups excluding carboxylic acids is 1. The summed E-state index contributed by atoms with van der Waals surface area (Å²) in [4.78, 5) is 11.5. The van der Waals surface area contributed by atoms with Gasteiger partial charge in [-0.2, -0.15) is 0 Å². The van der Waals surface area contributed by atoms with Gasteiger partial charge in [0.1, 0.15) is 15.4 Å². The topological polar surface area (TPSA) is 92.7 Å². The zero-order chi connectivity index (χ0) is 17.1. The number of thiophene rings is 1. The Hall–Kier alpha value is -1.74. The third-order valence-corrected chi connectivity index (χ3v) is 5.76. The molecule has 1 aromatic heterocycles. The first-order chi connectivity index (χ1) is 10.8. The number of benzene rings is 1. The molecular weight excluding hydrogens is 338 g/mol. The average molecular weight is 355 g/mol. The largest absolute Gasteiger partial charge is 0.465 e. The molecule has 0 saturated heterocycles. The maximum Gasteiger partial charge on any atom is 0.349 e. The van der Waals surface area contributed by atoms with Gasteiger partial charge in [-0.3, -0.25) is 0 Å². The van der Waals surface area contributed by atoms with E-state index in [1.807, 2.05) is 0 Å². The molecule has 1 atom stereocenters. The lowest BCUT2D eigenvalue weighted by Crippen LogP contribution is -2.38. The van der Waals surface area contributed by atoms with Crippen molar-refractivity contribution < 1.29 is 23.1 Å². The fourth-order valence-corrected chi connectivity index (χ4v) is 4.43. The van der Waals surface area contributed by atoms with Crippen molar-refractivity contribution >= 4 is 27.3 Å². The summed E-state index contributed by atoms with van der Waals surface area (Å²) in [6.45, 7) is 1.29. The Bertz CT molecular complexity index is 781. The highest BCUT2D eigenvalue weighted by Gasteiger charge is 2.29. The van der Waals surface area contributed by atoms with Crippen molar-refractivity contribution in [2.45, 2.75) is 17.4 Å². The van der Waals surface area contributed by atoms with Crippen LogP contribution in [-0.2, 0) is 20.4 Å². The molecule has 1 aromatic carbocycles. The van der Waals surface area contributed by atoms with Gasteiger partial charge in [-0.25, -0.2) is 17.9 Å². The van der Waals surface area contributed by atoms with E-state index in [2.05, 4.69) is 9.46 Å². The molecule has 0 bridgehead atoms. The fourth-order valence-electron chi connectivity index (χ4n) is 1.96. The van der Waals surface area contributed by atoms with E-state index >= 15 is 0 Å². The number of aliphatic hydroxyl groups is 1. The molecule has 1 unspecified atom stereocenters. The molecule has 8 heteroatoms. The summed E-state index contributed by atoms with van der Waals surface area (Å²) in [5, 5.41) is 12.0. The molecule has 0 aliphatic rings. The number of esters is 1. The highest BCUT2D eigenvalue weighted by Crippen LogP contribution is 2.24. The lowest BCUT2D eigenvalue weighted by Gasteiger charge is -2.24. The van der Waals surface area contributed by atoms with E-state index in [1.54, 1.807) is 30.3 Å². The molecule has 0 radical (unpaired) electrons. The number of methoxy groups -OCH3 is 1. The second-order valence-electron chi connectivity index (χ2n) is 5.07. The molecule has 2 aromatic rings. The summed E-state index contributed by atoms with van der Waals surface area (Å²) >= 11 is 0.983. The highest BCUT2D eigenvalue weighted by atomic mass is 32.2. The normalized spacial score (nSPS) is 14.2. The molecule has 6 nitrogen and oxygen atoms in total. The van der Waals surface area contributed by atoms with E-state index in [4.69, 9.17) is 0 Å². The van der Waals surface area contributed by atoms with Gasteiger partial charge in [-0.1, -0.05) is 30.3 Å². The van der Waals surface area contributed by atoms with Crippen molar-refractivity contribution in [1.29, 1.82) is 0 Å². The van der Waals surface area contributed by atoms with Crippen molar-refractivity contribution in [1.82, 2.24) is 4.72 Å². The Balaban J connectivity index is 2.20. The first-order valence-electron chi connectivity index (χ1n) is 6.71. The molecule has 0 aliphatic carbocycles. The third-order valence-electron chi connectivity index (χ3n) is 3.29. The number of hydrogen-bond acceptors (Lipinski definition) is 6. The minimum atomic E-state index is -3.94. The standard InChI is InChI=1S/C15H17NO5S2/c1-15(18,11-6-4-3-5-7-11)10-16-23(19,20)12-8-9-22-13(12)14(17)21-2/h3-9,16,18H,10H2,1-2H3. The molecule has 0 spiro atoms. The van der Waals surface area contributed by atoms with Gasteiger partial charge >= 0.3 is 5.97 Å². The first kappa shape index (κ1) is 17.6. The maximum atomic E-state index is 12.4. The molecular formula is C15H17NO5S2. The van der Waals surface area contributed by atoms with Crippen LogP contribution in [0.2, 0.25) is 0 Å². The summed E-state index contributed by atoms with van der Waals surface area (Å²) in [6, 6.07) is 10.1. The minimum Gasteiger partial charge on any atom is -0.465 e. The summed E-state index contributed by atoms with van der Waals surface area (Å²) < 4.78 is 31.7. The van der Waals surface area contributed by atoms with Crippen LogP contribution in [0.25, 0.3) is 0 Å². The second kappa shape index (κ2) is 6.79. The molecule has 0 saturated carbocycles.